The summed E-state index contributed by atoms with van der Waals surface area (Å²) in [5.41, 5.74) is 0.337. The maximum atomic E-state index is 13.0. The van der Waals surface area contributed by atoms with E-state index in [4.69, 9.17) is 14.2 Å². The van der Waals surface area contributed by atoms with Crippen molar-refractivity contribution >= 4 is 11.9 Å². The van der Waals surface area contributed by atoms with Crippen LogP contribution in [0.15, 0.2) is 72.9 Å². The second kappa shape index (κ2) is 11.5. The van der Waals surface area contributed by atoms with Crippen LogP contribution in [0.3, 0.4) is 0 Å². The summed E-state index contributed by atoms with van der Waals surface area (Å²) in [6, 6.07) is 19.5. The molecule has 3 aromatic rings. The van der Waals surface area contributed by atoms with Crippen LogP contribution >= 0.6 is 0 Å². The molecule has 0 aliphatic carbocycles. The van der Waals surface area contributed by atoms with E-state index in [1.54, 1.807) is 6.92 Å². The van der Waals surface area contributed by atoms with Crippen molar-refractivity contribution in [2.45, 2.75) is 38.5 Å². The van der Waals surface area contributed by atoms with E-state index in [1.165, 1.54) is 26.3 Å². The second-order valence-electron chi connectivity index (χ2n) is 7.89. The molecule has 1 amide bonds. The van der Waals surface area contributed by atoms with Crippen LogP contribution in [0.1, 0.15) is 42.4 Å². The molecule has 0 spiro atoms. The predicted octanol–water partition coefficient (Wildman–Crippen LogP) is 3.83. The number of carbonyl (C=O) groups excluding carboxylic acids is 2. The number of aromatic nitrogens is 1. The van der Waals surface area contributed by atoms with Crippen LogP contribution in [-0.2, 0) is 19.9 Å². The van der Waals surface area contributed by atoms with Crippen molar-refractivity contribution in [1.29, 1.82) is 0 Å². The van der Waals surface area contributed by atoms with E-state index < -0.39 is 35.4 Å². The fourth-order valence-corrected chi connectivity index (χ4v) is 3.97. The topological polar surface area (TPSA) is 107 Å². The molecular weight excluding hydrogens is 448 g/mol. The van der Waals surface area contributed by atoms with Gasteiger partial charge < -0.3 is 24.6 Å². The average molecular weight is 479 g/mol. The van der Waals surface area contributed by atoms with Gasteiger partial charge in [0.15, 0.2) is 22.8 Å². The molecule has 8 nitrogen and oxygen atoms in total. The summed E-state index contributed by atoms with van der Waals surface area (Å²) in [4.78, 5) is 29.6. The van der Waals surface area contributed by atoms with Crippen molar-refractivity contribution < 1.29 is 28.9 Å². The SMILES string of the molecule is CCOC(c1ccccc1)(c1ccccc1)[C@H](C)OC(=O)[C@H](C)NC(=O)c1nccc(OC)c1O. The van der Waals surface area contributed by atoms with Crippen molar-refractivity contribution in [2.75, 3.05) is 13.7 Å². The first-order chi connectivity index (χ1) is 16.8. The van der Waals surface area contributed by atoms with Crippen molar-refractivity contribution in [3.63, 3.8) is 0 Å². The summed E-state index contributed by atoms with van der Waals surface area (Å²) < 4.78 is 17.2. The largest absolute Gasteiger partial charge is 0.503 e. The second-order valence-corrected chi connectivity index (χ2v) is 7.89. The van der Waals surface area contributed by atoms with E-state index in [2.05, 4.69) is 10.3 Å². The minimum absolute atomic E-state index is 0.0984. The molecule has 1 aromatic heterocycles. The van der Waals surface area contributed by atoms with Crippen molar-refractivity contribution in [3.05, 3.63) is 89.7 Å². The maximum Gasteiger partial charge on any atom is 0.328 e. The number of aromatic hydroxyl groups is 1. The van der Waals surface area contributed by atoms with E-state index in [0.717, 1.165) is 11.1 Å². The number of hydrogen-bond donors (Lipinski definition) is 2. The Bertz CT molecular complexity index is 1100. The van der Waals surface area contributed by atoms with Gasteiger partial charge in [0.25, 0.3) is 5.91 Å². The summed E-state index contributed by atoms with van der Waals surface area (Å²) >= 11 is 0. The standard InChI is InChI=1S/C27H30N2O6/c1-5-34-27(20-12-8-6-9-13-20,21-14-10-7-11-15-21)19(3)35-26(32)18(2)29-25(31)23-24(30)22(33-4)16-17-28-23/h6-19,30H,5H2,1-4H3,(H,29,31)/t18-,19-/m0/s1. The fourth-order valence-electron chi connectivity index (χ4n) is 3.97. The lowest BCUT2D eigenvalue weighted by atomic mass is 9.81. The third-order valence-electron chi connectivity index (χ3n) is 5.67. The molecule has 0 radical (unpaired) electrons. The number of methoxy groups -OCH3 is 1. The van der Waals surface area contributed by atoms with Crippen LogP contribution in [0.25, 0.3) is 0 Å². The summed E-state index contributed by atoms with van der Waals surface area (Å²) in [6.07, 6.45) is 0.580. The molecule has 8 heteroatoms. The molecule has 35 heavy (non-hydrogen) atoms. The van der Waals surface area contributed by atoms with Gasteiger partial charge >= 0.3 is 5.97 Å². The molecule has 0 fully saturated rings. The van der Waals surface area contributed by atoms with E-state index >= 15 is 0 Å². The number of carbonyl (C=O) groups is 2. The number of benzene rings is 2. The fraction of sp³-hybridized carbons (Fsp3) is 0.296. The number of esters is 1. The molecule has 2 atom stereocenters. The highest BCUT2D eigenvalue weighted by Gasteiger charge is 2.43. The Labute approximate surface area is 204 Å². The third kappa shape index (κ3) is 5.44. The number of hydrogen-bond acceptors (Lipinski definition) is 7. The summed E-state index contributed by atoms with van der Waals surface area (Å²) in [5.74, 6) is -1.71. The van der Waals surface area contributed by atoms with Gasteiger partial charge in [-0.15, -0.1) is 0 Å². The van der Waals surface area contributed by atoms with Gasteiger partial charge in [-0.2, -0.15) is 0 Å². The Morgan fingerprint density at radius 1 is 1.00 bits per heavy atom. The Kier molecular flexibility index (Phi) is 8.43. The van der Waals surface area contributed by atoms with Gasteiger partial charge in [-0.3, -0.25) is 4.79 Å². The zero-order chi connectivity index (χ0) is 25.4. The molecule has 0 saturated carbocycles. The van der Waals surface area contributed by atoms with E-state index in [9.17, 15) is 14.7 Å². The first-order valence-electron chi connectivity index (χ1n) is 11.3. The number of rotatable bonds is 10. The van der Waals surface area contributed by atoms with Gasteiger partial charge in [0.05, 0.1) is 7.11 Å². The minimum Gasteiger partial charge on any atom is -0.503 e. The molecule has 1 heterocycles. The monoisotopic (exact) mass is 478 g/mol. The number of amides is 1. The Morgan fingerprint density at radius 2 is 1.57 bits per heavy atom. The Hall–Kier alpha value is -3.91. The van der Waals surface area contributed by atoms with Crippen molar-refractivity contribution in [3.8, 4) is 11.5 Å². The Morgan fingerprint density at radius 3 is 2.09 bits per heavy atom. The number of pyridine rings is 1. The molecular formula is C27H30N2O6. The van der Waals surface area contributed by atoms with Gasteiger partial charge in [0.1, 0.15) is 12.1 Å². The van der Waals surface area contributed by atoms with Gasteiger partial charge in [-0.25, -0.2) is 9.78 Å². The van der Waals surface area contributed by atoms with Crippen molar-refractivity contribution in [1.82, 2.24) is 10.3 Å². The summed E-state index contributed by atoms with van der Waals surface area (Å²) in [6.45, 7) is 5.51. The molecule has 0 aliphatic heterocycles. The van der Waals surface area contributed by atoms with Crippen LogP contribution < -0.4 is 10.1 Å². The smallest absolute Gasteiger partial charge is 0.328 e. The Balaban J connectivity index is 1.85. The van der Waals surface area contributed by atoms with Gasteiger partial charge in [0.2, 0.25) is 0 Å². The predicted molar refractivity (Wildman–Crippen MR) is 130 cm³/mol. The highest BCUT2D eigenvalue weighted by Crippen LogP contribution is 2.38. The summed E-state index contributed by atoms with van der Waals surface area (Å²) in [7, 11) is 1.36. The van der Waals surface area contributed by atoms with E-state index in [1.807, 2.05) is 67.6 Å². The normalized spacial score (nSPS) is 12.9. The minimum atomic E-state index is -1.07. The van der Waals surface area contributed by atoms with Crippen LogP contribution in [0.2, 0.25) is 0 Å². The third-order valence-corrected chi connectivity index (χ3v) is 5.67. The quantitative estimate of drug-likeness (QED) is 0.427. The highest BCUT2D eigenvalue weighted by atomic mass is 16.6. The van der Waals surface area contributed by atoms with Crippen LogP contribution in [0.4, 0.5) is 0 Å². The molecule has 0 bridgehead atoms. The van der Waals surface area contributed by atoms with Gasteiger partial charge in [0, 0.05) is 18.9 Å². The molecule has 0 saturated heterocycles. The van der Waals surface area contributed by atoms with E-state index in [-0.39, 0.29) is 11.4 Å². The molecule has 2 N–H and O–H groups in total. The zero-order valence-electron chi connectivity index (χ0n) is 20.2. The van der Waals surface area contributed by atoms with E-state index in [0.29, 0.717) is 6.61 Å². The lowest BCUT2D eigenvalue weighted by Crippen LogP contribution is -2.47. The average Bonchev–Trinajstić information content (AvgIpc) is 2.88. The number of nitrogens with zero attached hydrogens (tertiary/aromatic N) is 1. The van der Waals surface area contributed by atoms with Crippen LogP contribution in [0.5, 0.6) is 11.5 Å². The molecule has 0 unspecified atom stereocenters. The highest BCUT2D eigenvalue weighted by molar-refractivity contribution is 5.97. The molecule has 0 aliphatic rings. The summed E-state index contributed by atoms with van der Waals surface area (Å²) in [5, 5.41) is 12.7. The number of nitrogens with one attached hydrogen (secondary N) is 1. The first kappa shape index (κ1) is 25.7. The molecule has 2 aromatic carbocycles. The van der Waals surface area contributed by atoms with Gasteiger partial charge in [-0.1, -0.05) is 60.7 Å². The lowest BCUT2D eigenvalue weighted by molar-refractivity contribution is -0.168. The first-order valence-corrected chi connectivity index (χ1v) is 11.3. The lowest BCUT2D eigenvalue weighted by Gasteiger charge is -2.39. The van der Waals surface area contributed by atoms with Crippen LogP contribution in [-0.4, -0.2) is 47.8 Å². The molecule has 3 rings (SSSR count). The molecule has 184 valence electrons. The van der Waals surface area contributed by atoms with Crippen LogP contribution in [0, 0.1) is 0 Å². The van der Waals surface area contributed by atoms with Gasteiger partial charge in [-0.05, 0) is 31.9 Å². The number of ether oxygens (including phenoxy) is 3. The maximum absolute atomic E-state index is 13.0. The van der Waals surface area contributed by atoms with Crippen molar-refractivity contribution in [2.24, 2.45) is 0 Å². The zero-order valence-corrected chi connectivity index (χ0v) is 20.2.